The Bertz CT molecular complexity index is 1270. The van der Waals surface area contributed by atoms with E-state index in [2.05, 4.69) is 20.9 Å². The molecule has 6 N–H and O–H groups in total. The highest BCUT2D eigenvalue weighted by molar-refractivity contribution is 5.79. The number of carbonyl (C=O) groups is 1. The molecule has 0 aliphatic heterocycles. The summed E-state index contributed by atoms with van der Waals surface area (Å²) >= 11 is 0. The number of halogens is 1. The van der Waals surface area contributed by atoms with Crippen LogP contribution in [-0.4, -0.2) is 72.1 Å². The van der Waals surface area contributed by atoms with Gasteiger partial charge in [0.05, 0.1) is 30.7 Å². The van der Waals surface area contributed by atoms with Gasteiger partial charge in [0, 0.05) is 24.5 Å². The number of aromatic nitrogens is 4. The van der Waals surface area contributed by atoms with Gasteiger partial charge in [0.15, 0.2) is 5.65 Å². The lowest BCUT2D eigenvalue weighted by molar-refractivity contribution is -0.126. The maximum absolute atomic E-state index is 14.5. The van der Waals surface area contributed by atoms with Crippen LogP contribution in [0.3, 0.4) is 0 Å². The molecule has 2 aromatic heterocycles. The van der Waals surface area contributed by atoms with Crippen molar-refractivity contribution >= 4 is 34.7 Å². The Morgan fingerprint density at radius 2 is 1.80 bits per heavy atom. The minimum Gasteiger partial charge on any atom is -0.394 e. The van der Waals surface area contributed by atoms with Crippen LogP contribution in [0.2, 0.25) is 0 Å². The highest BCUT2D eigenvalue weighted by Crippen LogP contribution is 2.37. The van der Waals surface area contributed by atoms with Gasteiger partial charge in [-0.1, -0.05) is 19.6 Å². The maximum atomic E-state index is 14.5. The van der Waals surface area contributed by atoms with Crippen LogP contribution >= 0.6 is 0 Å². The molecule has 0 unspecified atom stereocenters. The Hall–Kier alpha value is -3.35. The zero-order valence-corrected chi connectivity index (χ0v) is 21.8. The van der Waals surface area contributed by atoms with E-state index in [0.29, 0.717) is 54.4 Å². The lowest BCUT2D eigenvalue weighted by Crippen LogP contribution is -2.39. The van der Waals surface area contributed by atoms with E-state index in [1.807, 2.05) is 4.57 Å². The van der Waals surface area contributed by atoms with Gasteiger partial charge in [0.2, 0.25) is 17.8 Å². The van der Waals surface area contributed by atoms with E-state index < -0.39 is 18.5 Å². The smallest absolute Gasteiger partial charge is 0.224 e. The van der Waals surface area contributed by atoms with Gasteiger partial charge in [-0.25, -0.2) is 14.4 Å². The molecule has 2 aliphatic rings. The molecule has 1 atom stereocenters. The summed E-state index contributed by atoms with van der Waals surface area (Å²) in [7, 11) is 0. The molecule has 40 heavy (non-hydrogen) atoms. The lowest BCUT2D eigenvalue weighted by atomic mass is 9.85. The van der Waals surface area contributed by atoms with Crippen LogP contribution in [0, 0.1) is 11.7 Å². The number of hydrogen-bond donors (Lipinski definition) is 6. The zero-order chi connectivity index (χ0) is 27.4. The predicted molar refractivity (Wildman–Crippen MR) is 151 cm³/mol. The van der Waals surface area contributed by atoms with Crippen molar-refractivity contribution in [1.82, 2.24) is 24.8 Å². The molecule has 1 aromatic carbocycles. The molecule has 218 valence electrons. The van der Waals surface area contributed by atoms with Crippen molar-refractivity contribution in [1.29, 1.82) is 0 Å². The van der Waals surface area contributed by atoms with Gasteiger partial charge in [-0.15, -0.1) is 0 Å². The van der Waals surface area contributed by atoms with E-state index in [-0.39, 0.29) is 44.0 Å². The summed E-state index contributed by atoms with van der Waals surface area (Å²) in [6, 6.07) is 6.56. The first kappa shape index (κ1) is 29.6. The minimum absolute atomic E-state index is 0. The van der Waals surface area contributed by atoms with Gasteiger partial charge in [-0.2, -0.15) is 4.98 Å². The summed E-state index contributed by atoms with van der Waals surface area (Å²) in [6.45, 7) is -0.384. The number of para-hydroxylation sites is 1. The molecule has 11 nitrogen and oxygen atoms in total. The normalized spacial score (nSPS) is 23.7. The van der Waals surface area contributed by atoms with E-state index in [1.54, 1.807) is 24.4 Å². The summed E-state index contributed by atoms with van der Waals surface area (Å²) in [5.41, 5.74) is 1.51. The van der Waals surface area contributed by atoms with Crippen LogP contribution in [0.25, 0.3) is 11.2 Å². The molecule has 2 aliphatic carbocycles. The second-order valence-electron chi connectivity index (χ2n) is 10.5. The van der Waals surface area contributed by atoms with Crippen molar-refractivity contribution in [3.8, 4) is 0 Å². The van der Waals surface area contributed by atoms with Crippen LogP contribution in [0.15, 0.2) is 30.5 Å². The topological polar surface area (TPSA) is 157 Å². The fourth-order valence-corrected chi connectivity index (χ4v) is 5.50. The summed E-state index contributed by atoms with van der Waals surface area (Å²) in [4.78, 5) is 26.6. The average Bonchev–Trinajstić information content (AvgIpc) is 3.31. The van der Waals surface area contributed by atoms with E-state index in [9.17, 15) is 19.4 Å². The number of nitrogens with one attached hydrogen (secondary N) is 3. The van der Waals surface area contributed by atoms with Crippen LogP contribution in [0.4, 0.5) is 22.0 Å². The number of aliphatic hydroxyl groups is 3. The minimum atomic E-state index is -0.976. The number of benzene rings is 1. The quantitative estimate of drug-likeness (QED) is 0.232. The molecule has 5 rings (SSSR count). The highest BCUT2D eigenvalue weighted by Gasteiger charge is 2.30. The Morgan fingerprint density at radius 1 is 1.07 bits per heavy atom. The van der Waals surface area contributed by atoms with Gasteiger partial charge in [-0.05, 0) is 63.5 Å². The van der Waals surface area contributed by atoms with Gasteiger partial charge < -0.3 is 31.3 Å². The first-order valence-electron chi connectivity index (χ1n) is 13.7. The van der Waals surface area contributed by atoms with E-state index in [1.165, 1.54) is 6.07 Å². The lowest BCUT2D eigenvalue weighted by Gasteiger charge is -2.30. The molecule has 0 spiro atoms. The fraction of sp³-hybridized carbons (Fsp3) is 0.571. The zero-order valence-electron chi connectivity index (χ0n) is 21.8. The Kier molecular flexibility index (Phi) is 9.88. The van der Waals surface area contributed by atoms with Gasteiger partial charge in [0.25, 0.3) is 0 Å². The third kappa shape index (κ3) is 6.86. The van der Waals surface area contributed by atoms with E-state index in [0.717, 1.165) is 25.7 Å². The number of carbonyl (C=O) groups excluding carboxylic acids is 1. The number of nitrogens with zero attached hydrogens (tertiary/aromatic N) is 4. The van der Waals surface area contributed by atoms with Crippen LogP contribution in [0.5, 0.6) is 0 Å². The second-order valence-corrected chi connectivity index (χ2v) is 10.5. The molecule has 0 saturated heterocycles. The third-order valence-corrected chi connectivity index (χ3v) is 7.74. The number of rotatable bonds is 9. The molecule has 0 bridgehead atoms. The van der Waals surface area contributed by atoms with E-state index >= 15 is 0 Å². The molecule has 2 heterocycles. The molecular formula is C28H40FN7O4. The van der Waals surface area contributed by atoms with Crippen molar-refractivity contribution in [2.75, 3.05) is 23.8 Å². The second kappa shape index (κ2) is 13.3. The average molecular weight is 558 g/mol. The number of aliphatic hydroxyl groups excluding tert-OH is 3. The summed E-state index contributed by atoms with van der Waals surface area (Å²) < 4.78 is 16.5. The van der Waals surface area contributed by atoms with Gasteiger partial charge in [-0.3, -0.25) is 9.36 Å². The van der Waals surface area contributed by atoms with E-state index in [4.69, 9.17) is 15.1 Å². The molecule has 0 radical (unpaired) electrons. The number of hydrogen-bond acceptors (Lipinski definition) is 9. The third-order valence-electron chi connectivity index (χ3n) is 7.74. The summed E-state index contributed by atoms with van der Waals surface area (Å²) in [5, 5.41) is 37.6. The monoisotopic (exact) mass is 557 g/mol. The number of fused-ring (bicyclic) bond motifs is 1. The Morgan fingerprint density at radius 3 is 2.50 bits per heavy atom. The summed E-state index contributed by atoms with van der Waals surface area (Å²) in [5.74, 6) is 0.222. The predicted octanol–water partition coefficient (Wildman–Crippen LogP) is 3.26. The number of amides is 1. The Labute approximate surface area is 233 Å². The molecule has 2 fully saturated rings. The first-order valence-corrected chi connectivity index (χ1v) is 13.7. The van der Waals surface area contributed by atoms with Crippen molar-refractivity contribution < 1.29 is 24.5 Å². The highest BCUT2D eigenvalue weighted by atomic mass is 19.1. The van der Waals surface area contributed by atoms with Crippen molar-refractivity contribution in [3.63, 3.8) is 0 Å². The molecular weight excluding hydrogens is 517 g/mol. The molecule has 12 heteroatoms. The van der Waals surface area contributed by atoms with Crippen LogP contribution in [0.1, 0.15) is 64.8 Å². The standard InChI is InChI=1S/C27H36FN7O4.CH4/c28-21-3-1-2-4-22(21)32-27-33-23-14-30-26(31-17-7-11-19(37)12-8-17)34-24(23)35(27)18-9-5-16(6-10-18)25(39)29-13-20(38)15-36;/h1-4,14,16-20,36-38H,5-13,15H2,(H,29,39)(H,32,33)(H,30,31,34);1H4/t16?,17?,18?,19?,20-;/m0./s1. The summed E-state index contributed by atoms with van der Waals surface area (Å²) in [6.07, 6.45) is 6.22. The van der Waals surface area contributed by atoms with Crippen molar-refractivity contribution in [2.45, 2.75) is 83.1 Å². The van der Waals surface area contributed by atoms with Crippen molar-refractivity contribution in [2.24, 2.45) is 5.92 Å². The van der Waals surface area contributed by atoms with Gasteiger partial charge in [0.1, 0.15) is 11.3 Å². The van der Waals surface area contributed by atoms with Crippen LogP contribution in [-0.2, 0) is 4.79 Å². The first-order chi connectivity index (χ1) is 18.9. The number of anilines is 3. The van der Waals surface area contributed by atoms with Crippen LogP contribution < -0.4 is 16.0 Å². The number of imidazole rings is 1. The molecule has 2 saturated carbocycles. The van der Waals surface area contributed by atoms with Gasteiger partial charge >= 0.3 is 0 Å². The molecule has 3 aromatic rings. The van der Waals surface area contributed by atoms with Crippen molar-refractivity contribution in [3.05, 3.63) is 36.3 Å². The largest absolute Gasteiger partial charge is 0.394 e. The SMILES string of the molecule is C.O=C(NC[C@H](O)CO)C1CCC(n2c(Nc3ccccc3F)nc3cnc(NC4CCC(O)CC4)nc32)CC1. The maximum Gasteiger partial charge on any atom is 0.224 e. The Balaban J connectivity index is 0.00000370. The fourth-order valence-electron chi connectivity index (χ4n) is 5.50. The molecule has 1 amide bonds.